The first-order valence-corrected chi connectivity index (χ1v) is 5.62. The van der Waals surface area contributed by atoms with Crippen molar-refractivity contribution in [3.63, 3.8) is 0 Å². The molecule has 1 rings (SSSR count). The van der Waals surface area contributed by atoms with Gasteiger partial charge in [0.15, 0.2) is 11.5 Å². The summed E-state index contributed by atoms with van der Waals surface area (Å²) in [7, 11) is 4.88. The van der Waals surface area contributed by atoms with Crippen molar-refractivity contribution in [2.24, 2.45) is 0 Å². The second-order valence-corrected chi connectivity index (χ2v) is 3.72. The molecule has 0 fully saturated rings. The van der Waals surface area contributed by atoms with Crippen LogP contribution in [0.2, 0.25) is 0 Å². The summed E-state index contributed by atoms with van der Waals surface area (Å²) in [6.45, 7) is 0. The second-order valence-electron chi connectivity index (χ2n) is 3.72. The molecule has 1 amide bonds. The minimum atomic E-state index is 0.0745. The van der Waals surface area contributed by atoms with Crippen LogP contribution in [0.5, 0.6) is 11.5 Å². The Bertz CT molecular complexity index is 377. The number of hydrogen-bond donors (Lipinski definition) is 1. The standard InChI is InChI=1S/C13H19NO3/c1-14-13(15)6-4-5-10-7-8-11(16-2)12(9-10)17-3/h7-9H,4-6H2,1-3H3,(H,14,15). The maximum atomic E-state index is 11.1. The Hall–Kier alpha value is -1.71. The molecule has 4 nitrogen and oxygen atoms in total. The number of aryl methyl sites for hydroxylation is 1. The number of rotatable bonds is 6. The van der Waals surface area contributed by atoms with Gasteiger partial charge in [-0.15, -0.1) is 0 Å². The molecule has 0 unspecified atom stereocenters. The predicted octanol–water partition coefficient (Wildman–Crippen LogP) is 1.77. The summed E-state index contributed by atoms with van der Waals surface area (Å²) in [5.41, 5.74) is 1.14. The van der Waals surface area contributed by atoms with Crippen molar-refractivity contribution in [1.82, 2.24) is 5.32 Å². The van der Waals surface area contributed by atoms with Gasteiger partial charge >= 0.3 is 0 Å². The van der Waals surface area contributed by atoms with Gasteiger partial charge in [0.25, 0.3) is 0 Å². The summed E-state index contributed by atoms with van der Waals surface area (Å²) in [5.74, 6) is 1.53. The molecule has 4 heteroatoms. The van der Waals surface area contributed by atoms with Gasteiger partial charge in [0, 0.05) is 13.5 Å². The number of nitrogens with one attached hydrogen (secondary N) is 1. The van der Waals surface area contributed by atoms with Crippen LogP contribution in [-0.2, 0) is 11.2 Å². The van der Waals surface area contributed by atoms with Crippen LogP contribution in [0.3, 0.4) is 0 Å². The van der Waals surface area contributed by atoms with Crippen LogP contribution in [0.15, 0.2) is 18.2 Å². The maximum Gasteiger partial charge on any atom is 0.219 e. The molecule has 0 saturated carbocycles. The Balaban J connectivity index is 2.57. The molecule has 0 bridgehead atoms. The van der Waals surface area contributed by atoms with E-state index in [0.29, 0.717) is 6.42 Å². The SMILES string of the molecule is CNC(=O)CCCc1ccc(OC)c(OC)c1. The van der Waals surface area contributed by atoms with Crippen molar-refractivity contribution < 1.29 is 14.3 Å². The second kappa shape index (κ2) is 6.78. The number of carbonyl (C=O) groups excluding carboxylic acids is 1. The molecule has 1 N–H and O–H groups in total. The fraction of sp³-hybridized carbons (Fsp3) is 0.462. The lowest BCUT2D eigenvalue weighted by atomic mass is 10.1. The number of hydrogen-bond acceptors (Lipinski definition) is 3. The zero-order valence-corrected chi connectivity index (χ0v) is 10.6. The molecule has 0 spiro atoms. The van der Waals surface area contributed by atoms with Gasteiger partial charge in [0.05, 0.1) is 14.2 Å². The van der Waals surface area contributed by atoms with E-state index in [9.17, 15) is 4.79 Å². The third kappa shape index (κ3) is 3.98. The smallest absolute Gasteiger partial charge is 0.219 e. The molecule has 0 aromatic heterocycles. The van der Waals surface area contributed by atoms with Crippen molar-refractivity contribution >= 4 is 5.91 Å². The molecule has 17 heavy (non-hydrogen) atoms. The van der Waals surface area contributed by atoms with E-state index in [2.05, 4.69) is 5.32 Å². The third-order valence-corrected chi connectivity index (χ3v) is 2.60. The van der Waals surface area contributed by atoms with Gasteiger partial charge in [0.1, 0.15) is 0 Å². The summed E-state index contributed by atoms with van der Waals surface area (Å²) >= 11 is 0. The quantitative estimate of drug-likeness (QED) is 0.820. The Labute approximate surface area is 102 Å². The minimum absolute atomic E-state index is 0.0745. The summed E-state index contributed by atoms with van der Waals surface area (Å²) in [6.07, 6.45) is 2.23. The molecule has 0 aliphatic carbocycles. The molecule has 0 heterocycles. The number of ether oxygens (including phenoxy) is 2. The highest BCUT2D eigenvalue weighted by molar-refractivity contribution is 5.75. The first kappa shape index (κ1) is 13.4. The fourth-order valence-electron chi connectivity index (χ4n) is 1.61. The molecule has 0 atom stereocenters. The summed E-state index contributed by atoms with van der Waals surface area (Å²) < 4.78 is 10.4. The van der Waals surface area contributed by atoms with Crippen LogP contribution in [-0.4, -0.2) is 27.2 Å². The number of methoxy groups -OCH3 is 2. The zero-order chi connectivity index (χ0) is 12.7. The van der Waals surface area contributed by atoms with E-state index in [-0.39, 0.29) is 5.91 Å². The molecular formula is C13H19NO3. The van der Waals surface area contributed by atoms with Crippen molar-refractivity contribution in [2.45, 2.75) is 19.3 Å². The van der Waals surface area contributed by atoms with Crippen molar-refractivity contribution in [3.8, 4) is 11.5 Å². The number of benzene rings is 1. The lowest BCUT2D eigenvalue weighted by Gasteiger charge is -2.09. The topological polar surface area (TPSA) is 47.6 Å². The number of amides is 1. The largest absolute Gasteiger partial charge is 0.493 e. The first-order chi connectivity index (χ1) is 8.21. The molecule has 1 aromatic rings. The van der Waals surface area contributed by atoms with Crippen LogP contribution >= 0.6 is 0 Å². The lowest BCUT2D eigenvalue weighted by molar-refractivity contribution is -0.120. The highest BCUT2D eigenvalue weighted by atomic mass is 16.5. The van der Waals surface area contributed by atoms with E-state index in [4.69, 9.17) is 9.47 Å². The summed E-state index contributed by atoms with van der Waals surface area (Å²) in [4.78, 5) is 11.1. The highest BCUT2D eigenvalue weighted by Crippen LogP contribution is 2.27. The van der Waals surface area contributed by atoms with E-state index in [1.807, 2.05) is 18.2 Å². The molecule has 0 radical (unpaired) electrons. The first-order valence-electron chi connectivity index (χ1n) is 5.62. The van der Waals surface area contributed by atoms with Crippen LogP contribution < -0.4 is 14.8 Å². The van der Waals surface area contributed by atoms with E-state index < -0.39 is 0 Å². The Kier molecular flexibility index (Phi) is 5.33. The Morgan fingerprint density at radius 2 is 1.94 bits per heavy atom. The molecule has 0 saturated heterocycles. The molecule has 94 valence electrons. The van der Waals surface area contributed by atoms with Crippen LogP contribution in [0.4, 0.5) is 0 Å². The average Bonchev–Trinajstić information content (AvgIpc) is 2.38. The van der Waals surface area contributed by atoms with Gasteiger partial charge in [-0.2, -0.15) is 0 Å². The number of carbonyl (C=O) groups is 1. The normalized spacial score (nSPS) is 9.82. The van der Waals surface area contributed by atoms with Crippen LogP contribution in [0.25, 0.3) is 0 Å². The van der Waals surface area contributed by atoms with Crippen molar-refractivity contribution in [2.75, 3.05) is 21.3 Å². The molecule has 0 aliphatic rings. The third-order valence-electron chi connectivity index (χ3n) is 2.60. The van der Waals surface area contributed by atoms with Gasteiger partial charge in [-0.25, -0.2) is 0 Å². The van der Waals surface area contributed by atoms with E-state index in [1.165, 1.54) is 0 Å². The zero-order valence-electron chi connectivity index (χ0n) is 10.6. The van der Waals surface area contributed by atoms with Crippen molar-refractivity contribution in [1.29, 1.82) is 0 Å². The summed E-state index contributed by atoms with van der Waals surface area (Å²) in [5, 5.41) is 2.61. The minimum Gasteiger partial charge on any atom is -0.493 e. The van der Waals surface area contributed by atoms with Gasteiger partial charge < -0.3 is 14.8 Å². The molecule has 0 aliphatic heterocycles. The monoisotopic (exact) mass is 237 g/mol. The van der Waals surface area contributed by atoms with Crippen LogP contribution in [0.1, 0.15) is 18.4 Å². The fourth-order valence-corrected chi connectivity index (χ4v) is 1.61. The van der Waals surface area contributed by atoms with E-state index in [1.54, 1.807) is 21.3 Å². The van der Waals surface area contributed by atoms with Gasteiger partial charge in [0.2, 0.25) is 5.91 Å². The van der Waals surface area contributed by atoms with Crippen molar-refractivity contribution in [3.05, 3.63) is 23.8 Å². The molecular weight excluding hydrogens is 218 g/mol. The van der Waals surface area contributed by atoms with E-state index in [0.717, 1.165) is 29.9 Å². The summed E-state index contributed by atoms with van der Waals surface area (Å²) in [6, 6.07) is 5.82. The molecule has 1 aromatic carbocycles. The van der Waals surface area contributed by atoms with Gasteiger partial charge in [-0.3, -0.25) is 4.79 Å². The highest BCUT2D eigenvalue weighted by Gasteiger charge is 2.05. The van der Waals surface area contributed by atoms with Gasteiger partial charge in [-0.1, -0.05) is 6.07 Å². The Morgan fingerprint density at radius 1 is 1.24 bits per heavy atom. The maximum absolute atomic E-state index is 11.1. The van der Waals surface area contributed by atoms with E-state index >= 15 is 0 Å². The average molecular weight is 237 g/mol. The van der Waals surface area contributed by atoms with Crippen LogP contribution in [0, 0.1) is 0 Å². The van der Waals surface area contributed by atoms with Gasteiger partial charge in [-0.05, 0) is 30.5 Å². The lowest BCUT2D eigenvalue weighted by Crippen LogP contribution is -2.17. The Morgan fingerprint density at radius 3 is 2.53 bits per heavy atom. The predicted molar refractivity (Wildman–Crippen MR) is 66.6 cm³/mol.